The minimum atomic E-state index is -0.0394. The molecule has 7 heteroatoms. The van der Waals surface area contributed by atoms with Gasteiger partial charge >= 0.3 is 0 Å². The minimum Gasteiger partial charge on any atom is -0.493 e. The van der Waals surface area contributed by atoms with Gasteiger partial charge in [0.05, 0.1) is 26.3 Å². The molecule has 0 fully saturated rings. The number of hydrogen-bond acceptors (Lipinski definition) is 4. The number of ether oxygens (including phenoxy) is 2. The van der Waals surface area contributed by atoms with E-state index in [4.69, 9.17) is 19.6 Å². The molecule has 0 amide bonds. The van der Waals surface area contributed by atoms with Crippen molar-refractivity contribution in [3.05, 3.63) is 71.8 Å². The molecule has 1 atom stereocenters. The number of aliphatic imine (C=N–C) groups is 1. The molecule has 0 bridgehead atoms. The molecule has 0 aliphatic rings. The lowest BCUT2D eigenvalue weighted by Gasteiger charge is -2.19. The van der Waals surface area contributed by atoms with Gasteiger partial charge in [-0.2, -0.15) is 0 Å². The molecule has 0 saturated heterocycles. The second-order valence-corrected chi connectivity index (χ2v) is 7.23. The fraction of sp³-hybridized carbons (Fsp3) is 0.320. The first-order valence-corrected chi connectivity index (χ1v) is 10.6. The molecule has 0 aromatic heterocycles. The topological polar surface area (TPSA) is 75.1 Å². The van der Waals surface area contributed by atoms with Crippen LogP contribution in [0.25, 0.3) is 10.8 Å². The molecule has 0 aliphatic carbocycles. The van der Waals surface area contributed by atoms with Gasteiger partial charge in [0, 0.05) is 6.54 Å². The van der Waals surface area contributed by atoms with E-state index in [2.05, 4.69) is 60.0 Å². The Morgan fingerprint density at radius 3 is 2.53 bits per heavy atom. The van der Waals surface area contributed by atoms with Gasteiger partial charge in [-0.3, -0.25) is 0 Å². The van der Waals surface area contributed by atoms with Crippen LogP contribution in [0.2, 0.25) is 0 Å². The van der Waals surface area contributed by atoms with Crippen molar-refractivity contribution in [2.24, 2.45) is 4.99 Å². The van der Waals surface area contributed by atoms with Crippen LogP contribution in [-0.4, -0.2) is 37.9 Å². The number of benzene rings is 3. The summed E-state index contributed by atoms with van der Waals surface area (Å²) in [5.41, 5.74) is 2.21. The third kappa shape index (κ3) is 7.00. The lowest BCUT2D eigenvalue weighted by Crippen LogP contribution is -2.38. The Labute approximate surface area is 207 Å². The largest absolute Gasteiger partial charge is 0.493 e. The molecular formula is C25H32IN3O3. The minimum absolute atomic E-state index is 0. The molecule has 6 nitrogen and oxygen atoms in total. The number of rotatable bonds is 9. The average Bonchev–Trinajstić information content (AvgIpc) is 2.81. The van der Waals surface area contributed by atoms with Gasteiger partial charge in [0.15, 0.2) is 17.5 Å². The van der Waals surface area contributed by atoms with Crippen LogP contribution < -0.4 is 20.1 Å². The molecule has 3 aromatic carbocycles. The summed E-state index contributed by atoms with van der Waals surface area (Å²) in [6.07, 6.45) is 0. The van der Waals surface area contributed by atoms with Gasteiger partial charge in [-0.25, -0.2) is 4.99 Å². The second-order valence-electron chi connectivity index (χ2n) is 7.23. The van der Waals surface area contributed by atoms with Crippen molar-refractivity contribution in [3.8, 4) is 11.5 Å². The molecule has 0 spiro atoms. The maximum absolute atomic E-state index is 8.95. The zero-order chi connectivity index (χ0) is 22.1. The third-order valence-corrected chi connectivity index (χ3v) is 4.97. The van der Waals surface area contributed by atoms with Crippen molar-refractivity contribution in [1.29, 1.82) is 0 Å². The van der Waals surface area contributed by atoms with E-state index in [9.17, 15) is 0 Å². The number of aliphatic hydroxyl groups is 1. The number of nitrogens with zero attached hydrogens (tertiary/aromatic N) is 1. The summed E-state index contributed by atoms with van der Waals surface area (Å²) in [6.45, 7) is 5.64. The first-order valence-electron chi connectivity index (χ1n) is 10.6. The number of nitrogens with one attached hydrogen (secondary N) is 2. The predicted molar refractivity (Wildman–Crippen MR) is 141 cm³/mol. The Morgan fingerprint density at radius 1 is 1.03 bits per heavy atom. The number of methoxy groups -OCH3 is 1. The summed E-state index contributed by atoms with van der Waals surface area (Å²) in [5, 5.41) is 18.2. The monoisotopic (exact) mass is 549 g/mol. The first kappa shape index (κ1) is 25.7. The van der Waals surface area contributed by atoms with Crippen LogP contribution in [-0.2, 0) is 6.54 Å². The van der Waals surface area contributed by atoms with Gasteiger partial charge in [-0.15, -0.1) is 24.0 Å². The molecule has 0 saturated carbocycles. The Bertz CT molecular complexity index is 1030. The van der Waals surface area contributed by atoms with E-state index < -0.39 is 0 Å². The fourth-order valence-electron chi connectivity index (χ4n) is 3.34. The van der Waals surface area contributed by atoms with Gasteiger partial charge in [-0.1, -0.05) is 42.5 Å². The maximum Gasteiger partial charge on any atom is 0.192 e. The highest BCUT2D eigenvalue weighted by atomic mass is 127. The number of fused-ring (bicyclic) bond motifs is 1. The predicted octanol–water partition coefficient (Wildman–Crippen LogP) is 4.65. The smallest absolute Gasteiger partial charge is 0.192 e. The molecule has 1 unspecified atom stereocenters. The summed E-state index contributed by atoms with van der Waals surface area (Å²) >= 11 is 0. The summed E-state index contributed by atoms with van der Waals surface area (Å²) in [7, 11) is 1.60. The molecule has 3 N–H and O–H groups in total. The molecule has 172 valence electrons. The van der Waals surface area contributed by atoms with E-state index in [1.807, 2.05) is 25.1 Å². The van der Waals surface area contributed by atoms with Gasteiger partial charge < -0.3 is 25.2 Å². The molecular weight excluding hydrogens is 517 g/mol. The number of guanidine groups is 1. The third-order valence-electron chi connectivity index (χ3n) is 4.97. The van der Waals surface area contributed by atoms with E-state index in [-0.39, 0.29) is 43.2 Å². The Hall–Kier alpha value is -2.52. The lowest BCUT2D eigenvalue weighted by atomic mass is 10.0. The summed E-state index contributed by atoms with van der Waals surface area (Å²) < 4.78 is 10.9. The van der Waals surface area contributed by atoms with Gasteiger partial charge in [0.1, 0.15) is 6.61 Å². The zero-order valence-electron chi connectivity index (χ0n) is 18.8. The molecule has 3 aromatic rings. The van der Waals surface area contributed by atoms with Crippen LogP contribution in [0.1, 0.15) is 31.0 Å². The average molecular weight is 549 g/mol. The van der Waals surface area contributed by atoms with Crippen molar-refractivity contribution in [2.75, 3.05) is 26.9 Å². The van der Waals surface area contributed by atoms with Gasteiger partial charge in [0.25, 0.3) is 0 Å². The van der Waals surface area contributed by atoms with Crippen LogP contribution in [0.3, 0.4) is 0 Å². The van der Waals surface area contributed by atoms with Gasteiger partial charge in [-0.05, 0) is 53.9 Å². The molecule has 0 aliphatic heterocycles. The number of aliphatic hydroxyl groups excluding tert-OH is 1. The van der Waals surface area contributed by atoms with Crippen molar-refractivity contribution in [1.82, 2.24) is 10.6 Å². The quantitative estimate of drug-likeness (QED) is 0.206. The van der Waals surface area contributed by atoms with E-state index in [1.54, 1.807) is 7.11 Å². The fourth-order valence-corrected chi connectivity index (χ4v) is 3.34. The lowest BCUT2D eigenvalue weighted by molar-refractivity contribution is 0.196. The van der Waals surface area contributed by atoms with Crippen LogP contribution in [0.15, 0.2) is 65.7 Å². The zero-order valence-corrected chi connectivity index (χ0v) is 21.1. The van der Waals surface area contributed by atoms with E-state index in [1.165, 1.54) is 16.3 Å². The number of halogens is 1. The number of hydrogen-bond donors (Lipinski definition) is 3. The standard InChI is InChI=1S/C25H31N3O3.HI/c1-4-26-25(27-17-19-9-12-23(31-14-13-29)24(15-19)30-3)28-18(2)21-11-10-20-7-5-6-8-22(20)16-21;/h5-12,15-16,18,29H,4,13-14,17H2,1-3H3,(H2,26,27,28);1H. The second kappa shape index (κ2) is 13.1. The summed E-state index contributed by atoms with van der Waals surface area (Å²) in [5.74, 6) is 1.99. The van der Waals surface area contributed by atoms with E-state index in [0.717, 1.165) is 18.1 Å². The highest BCUT2D eigenvalue weighted by molar-refractivity contribution is 14.0. The Balaban J connectivity index is 0.00000363. The Kier molecular flexibility index (Phi) is 10.6. The summed E-state index contributed by atoms with van der Waals surface area (Å²) in [6, 6.07) is 20.7. The van der Waals surface area contributed by atoms with E-state index in [0.29, 0.717) is 18.0 Å². The maximum atomic E-state index is 8.95. The van der Waals surface area contributed by atoms with Crippen LogP contribution >= 0.6 is 24.0 Å². The molecule has 0 heterocycles. The van der Waals surface area contributed by atoms with E-state index >= 15 is 0 Å². The summed E-state index contributed by atoms with van der Waals surface area (Å²) in [4.78, 5) is 4.74. The normalized spacial score (nSPS) is 12.1. The van der Waals surface area contributed by atoms with Crippen LogP contribution in [0.5, 0.6) is 11.5 Å². The molecule has 32 heavy (non-hydrogen) atoms. The van der Waals surface area contributed by atoms with Gasteiger partial charge in [0.2, 0.25) is 0 Å². The van der Waals surface area contributed by atoms with Crippen LogP contribution in [0.4, 0.5) is 0 Å². The highest BCUT2D eigenvalue weighted by Gasteiger charge is 2.10. The first-order chi connectivity index (χ1) is 15.1. The van der Waals surface area contributed by atoms with Crippen molar-refractivity contribution in [2.45, 2.75) is 26.4 Å². The van der Waals surface area contributed by atoms with Crippen LogP contribution in [0, 0.1) is 0 Å². The molecule has 0 radical (unpaired) electrons. The Morgan fingerprint density at radius 2 is 1.81 bits per heavy atom. The SMILES string of the molecule is CCNC(=NCc1ccc(OCCO)c(OC)c1)NC(C)c1ccc2ccccc2c1.I. The van der Waals surface area contributed by atoms with Crippen molar-refractivity contribution >= 4 is 40.7 Å². The van der Waals surface area contributed by atoms with Crippen molar-refractivity contribution in [3.63, 3.8) is 0 Å². The molecule has 3 rings (SSSR count). The highest BCUT2D eigenvalue weighted by Crippen LogP contribution is 2.28. The van der Waals surface area contributed by atoms with Crippen molar-refractivity contribution < 1.29 is 14.6 Å².